The van der Waals surface area contributed by atoms with Gasteiger partial charge in [0.15, 0.2) is 0 Å². The van der Waals surface area contributed by atoms with Crippen molar-refractivity contribution in [3.8, 4) is 0 Å². The Hall–Kier alpha value is -0.340. The first-order valence-electron chi connectivity index (χ1n) is 7.70. The molecule has 2 rings (SSSR count). The lowest BCUT2D eigenvalue weighted by Gasteiger charge is -2.42. The van der Waals surface area contributed by atoms with Gasteiger partial charge < -0.3 is 5.32 Å². The largest absolute Gasteiger partial charge is 0.306 e. The zero-order valence-corrected chi connectivity index (χ0v) is 13.9. The third-order valence-corrected chi connectivity index (χ3v) is 5.71. The molecule has 3 unspecified atom stereocenters. The summed E-state index contributed by atoms with van der Waals surface area (Å²) in [5, 5.41) is 3.92. The van der Waals surface area contributed by atoms with Gasteiger partial charge in [0.05, 0.1) is 0 Å². The van der Waals surface area contributed by atoms with E-state index in [1.54, 1.807) is 0 Å². The summed E-state index contributed by atoms with van der Waals surface area (Å²) in [6.07, 6.45) is 5.53. The molecule has 1 fully saturated rings. The fraction of sp³-hybridized carbons (Fsp3) is 0.765. The molecule has 0 aliphatic heterocycles. The van der Waals surface area contributed by atoms with Gasteiger partial charge in [0.2, 0.25) is 0 Å². The van der Waals surface area contributed by atoms with Gasteiger partial charge in [-0.25, -0.2) is 0 Å². The van der Waals surface area contributed by atoms with Crippen molar-refractivity contribution in [3.05, 3.63) is 21.9 Å². The number of rotatable bonds is 3. The zero-order valence-electron chi connectivity index (χ0n) is 13.1. The Morgan fingerprint density at radius 3 is 2.47 bits per heavy atom. The van der Waals surface area contributed by atoms with E-state index in [0.717, 1.165) is 5.92 Å². The van der Waals surface area contributed by atoms with Crippen LogP contribution in [-0.4, -0.2) is 6.04 Å². The van der Waals surface area contributed by atoms with Crippen LogP contribution in [0, 0.1) is 18.3 Å². The Bertz CT molecular complexity index is 402. The third kappa shape index (κ3) is 3.82. The van der Waals surface area contributed by atoms with Gasteiger partial charge in [-0.1, -0.05) is 33.6 Å². The fourth-order valence-electron chi connectivity index (χ4n) is 3.46. The first kappa shape index (κ1) is 15.1. The van der Waals surface area contributed by atoms with Crippen molar-refractivity contribution in [1.29, 1.82) is 0 Å². The van der Waals surface area contributed by atoms with Crippen LogP contribution in [0.5, 0.6) is 0 Å². The Labute approximate surface area is 122 Å². The minimum Gasteiger partial charge on any atom is -0.306 e. The highest BCUT2D eigenvalue weighted by Crippen LogP contribution is 2.39. The Morgan fingerprint density at radius 2 is 1.89 bits per heavy atom. The highest BCUT2D eigenvalue weighted by Gasteiger charge is 2.34. The summed E-state index contributed by atoms with van der Waals surface area (Å²) in [6, 6.07) is 5.70. The minimum absolute atomic E-state index is 0.420. The average molecular weight is 279 g/mol. The molecule has 1 N–H and O–H groups in total. The number of aryl methyl sites for hydroxylation is 1. The van der Waals surface area contributed by atoms with Crippen molar-refractivity contribution in [3.63, 3.8) is 0 Å². The summed E-state index contributed by atoms with van der Waals surface area (Å²) in [5.41, 5.74) is 0.420. The van der Waals surface area contributed by atoms with Crippen molar-refractivity contribution in [2.45, 2.75) is 72.4 Å². The van der Waals surface area contributed by atoms with E-state index in [-0.39, 0.29) is 0 Å². The second kappa shape index (κ2) is 5.97. The highest BCUT2D eigenvalue weighted by atomic mass is 32.1. The summed E-state index contributed by atoms with van der Waals surface area (Å²) in [5.74, 6) is 0.810. The Morgan fingerprint density at radius 1 is 1.21 bits per heavy atom. The molecule has 1 aliphatic rings. The van der Waals surface area contributed by atoms with Gasteiger partial charge in [0.25, 0.3) is 0 Å². The second-order valence-corrected chi connectivity index (χ2v) is 8.52. The van der Waals surface area contributed by atoms with Crippen LogP contribution in [-0.2, 0) is 0 Å². The lowest BCUT2D eigenvalue weighted by Crippen LogP contribution is -2.45. The first-order chi connectivity index (χ1) is 8.88. The van der Waals surface area contributed by atoms with E-state index in [2.05, 4.69) is 52.1 Å². The lowest BCUT2D eigenvalue weighted by atomic mass is 9.69. The van der Waals surface area contributed by atoms with E-state index in [1.165, 1.54) is 35.4 Å². The molecule has 108 valence electrons. The molecule has 1 saturated carbocycles. The maximum atomic E-state index is 3.92. The van der Waals surface area contributed by atoms with Crippen LogP contribution in [0.3, 0.4) is 0 Å². The summed E-state index contributed by atoms with van der Waals surface area (Å²) in [6.45, 7) is 11.7. The molecule has 0 aromatic carbocycles. The standard InChI is InChI=1S/C17H29NS/c1-12-10-11-16(19-12)13(2)18-15-9-7-6-8-14(15)17(3,4)5/h10-11,13-15,18H,6-9H2,1-5H3. The van der Waals surface area contributed by atoms with Gasteiger partial charge in [-0.2, -0.15) is 0 Å². The van der Waals surface area contributed by atoms with Crippen LogP contribution in [0.15, 0.2) is 12.1 Å². The van der Waals surface area contributed by atoms with Gasteiger partial charge in [-0.15, -0.1) is 11.3 Å². The van der Waals surface area contributed by atoms with Gasteiger partial charge in [0.1, 0.15) is 0 Å². The molecule has 1 aliphatic carbocycles. The van der Waals surface area contributed by atoms with Gasteiger partial charge >= 0.3 is 0 Å². The topological polar surface area (TPSA) is 12.0 Å². The predicted molar refractivity (Wildman–Crippen MR) is 85.8 cm³/mol. The van der Waals surface area contributed by atoms with Crippen molar-refractivity contribution < 1.29 is 0 Å². The number of thiophene rings is 1. The van der Waals surface area contributed by atoms with E-state index in [0.29, 0.717) is 17.5 Å². The SMILES string of the molecule is Cc1ccc(C(C)NC2CCCCC2C(C)(C)C)s1. The maximum Gasteiger partial charge on any atom is 0.0388 e. The minimum atomic E-state index is 0.420. The number of nitrogens with one attached hydrogen (secondary N) is 1. The molecular formula is C17H29NS. The van der Waals surface area contributed by atoms with Crippen molar-refractivity contribution >= 4 is 11.3 Å². The van der Waals surface area contributed by atoms with Crippen LogP contribution in [0.4, 0.5) is 0 Å². The van der Waals surface area contributed by atoms with E-state index in [1.807, 2.05) is 11.3 Å². The molecular weight excluding hydrogens is 250 g/mol. The van der Waals surface area contributed by atoms with Gasteiger partial charge in [0, 0.05) is 21.8 Å². The van der Waals surface area contributed by atoms with Crippen molar-refractivity contribution in [1.82, 2.24) is 5.32 Å². The molecule has 3 atom stereocenters. The summed E-state index contributed by atoms with van der Waals surface area (Å²) >= 11 is 1.93. The van der Waals surface area contributed by atoms with Crippen LogP contribution < -0.4 is 5.32 Å². The molecule has 1 nitrogen and oxygen atoms in total. The number of hydrogen-bond donors (Lipinski definition) is 1. The van der Waals surface area contributed by atoms with Crippen LogP contribution in [0.25, 0.3) is 0 Å². The molecule has 19 heavy (non-hydrogen) atoms. The molecule has 2 heteroatoms. The molecule has 1 aromatic rings. The number of hydrogen-bond acceptors (Lipinski definition) is 2. The molecule has 0 saturated heterocycles. The lowest BCUT2D eigenvalue weighted by molar-refractivity contribution is 0.125. The Kier molecular flexibility index (Phi) is 4.73. The molecule has 0 amide bonds. The van der Waals surface area contributed by atoms with E-state index >= 15 is 0 Å². The third-order valence-electron chi connectivity index (χ3n) is 4.53. The van der Waals surface area contributed by atoms with Crippen LogP contribution in [0.1, 0.15) is 69.2 Å². The monoisotopic (exact) mass is 279 g/mol. The normalized spacial score (nSPS) is 26.4. The fourth-order valence-corrected chi connectivity index (χ4v) is 4.35. The zero-order chi connectivity index (χ0) is 14.0. The van der Waals surface area contributed by atoms with Gasteiger partial charge in [-0.05, 0) is 50.2 Å². The molecule has 0 spiro atoms. The summed E-state index contributed by atoms with van der Waals surface area (Å²) < 4.78 is 0. The summed E-state index contributed by atoms with van der Waals surface area (Å²) in [7, 11) is 0. The van der Waals surface area contributed by atoms with E-state index in [9.17, 15) is 0 Å². The quantitative estimate of drug-likeness (QED) is 0.790. The molecule has 1 aromatic heterocycles. The van der Waals surface area contributed by atoms with E-state index in [4.69, 9.17) is 0 Å². The van der Waals surface area contributed by atoms with Gasteiger partial charge in [-0.3, -0.25) is 0 Å². The van der Waals surface area contributed by atoms with E-state index < -0.39 is 0 Å². The predicted octanol–water partition coefficient (Wildman–Crippen LogP) is 5.31. The smallest absolute Gasteiger partial charge is 0.0388 e. The maximum absolute atomic E-state index is 3.92. The molecule has 1 heterocycles. The second-order valence-electron chi connectivity index (χ2n) is 7.20. The van der Waals surface area contributed by atoms with Crippen molar-refractivity contribution in [2.75, 3.05) is 0 Å². The van der Waals surface area contributed by atoms with Crippen LogP contribution >= 0.6 is 11.3 Å². The molecule has 0 radical (unpaired) electrons. The highest BCUT2D eigenvalue weighted by molar-refractivity contribution is 7.12. The molecule has 0 bridgehead atoms. The average Bonchev–Trinajstić information content (AvgIpc) is 2.75. The van der Waals surface area contributed by atoms with Crippen molar-refractivity contribution in [2.24, 2.45) is 11.3 Å². The Balaban J connectivity index is 2.03. The first-order valence-corrected chi connectivity index (χ1v) is 8.52. The summed E-state index contributed by atoms with van der Waals surface area (Å²) in [4.78, 5) is 2.90. The van der Waals surface area contributed by atoms with Crippen LogP contribution in [0.2, 0.25) is 0 Å².